The summed E-state index contributed by atoms with van der Waals surface area (Å²) in [4.78, 5) is 30.1. The van der Waals surface area contributed by atoms with Crippen LogP contribution in [0.4, 0.5) is 5.69 Å². The fourth-order valence-corrected chi connectivity index (χ4v) is 5.22. The van der Waals surface area contributed by atoms with Gasteiger partial charge in [0.2, 0.25) is 0 Å². The Hall–Kier alpha value is -2.37. The van der Waals surface area contributed by atoms with Gasteiger partial charge in [0.05, 0.1) is 17.5 Å². The molecule has 0 aliphatic heterocycles. The molecular formula is C25H38N5O2P. The molecular weight excluding hydrogens is 433 g/mol. The molecule has 7 nitrogen and oxygen atoms in total. The second-order valence-corrected chi connectivity index (χ2v) is 9.72. The number of nitrogens with one attached hydrogen (secondary N) is 2. The van der Waals surface area contributed by atoms with Gasteiger partial charge in [-0.25, -0.2) is 0 Å². The molecule has 1 heterocycles. The van der Waals surface area contributed by atoms with E-state index >= 15 is 0 Å². The summed E-state index contributed by atoms with van der Waals surface area (Å²) in [5.41, 5.74) is 4.70. The molecule has 2 aromatic rings. The highest BCUT2D eigenvalue weighted by Crippen LogP contribution is 2.33. The van der Waals surface area contributed by atoms with Gasteiger partial charge in [-0.2, -0.15) is 0 Å². The first-order valence-electron chi connectivity index (χ1n) is 11.7. The third kappa shape index (κ3) is 5.42. The van der Waals surface area contributed by atoms with Crippen LogP contribution >= 0.6 is 9.24 Å². The van der Waals surface area contributed by atoms with E-state index in [1.54, 1.807) is 17.8 Å². The van der Waals surface area contributed by atoms with E-state index in [0.29, 0.717) is 23.2 Å². The molecule has 1 unspecified atom stereocenters. The Morgan fingerprint density at radius 2 is 1.91 bits per heavy atom. The van der Waals surface area contributed by atoms with Crippen LogP contribution in [0.2, 0.25) is 0 Å². The zero-order chi connectivity index (χ0) is 24.3. The summed E-state index contributed by atoms with van der Waals surface area (Å²) in [7, 11) is 8.64. The number of hydrogen-bond donors (Lipinski definition) is 2. The van der Waals surface area contributed by atoms with Crippen molar-refractivity contribution >= 4 is 32.3 Å². The molecule has 0 bridgehead atoms. The number of H-pyrrole nitrogens is 1. The van der Waals surface area contributed by atoms with Crippen LogP contribution in [0.1, 0.15) is 59.7 Å². The summed E-state index contributed by atoms with van der Waals surface area (Å²) in [5.74, 6) is -0.183. The van der Waals surface area contributed by atoms with E-state index in [-0.39, 0.29) is 18.0 Å². The average Bonchev–Trinajstić information content (AvgIpc) is 3.04. The van der Waals surface area contributed by atoms with Crippen LogP contribution in [-0.2, 0) is 13.6 Å². The van der Waals surface area contributed by atoms with Gasteiger partial charge in [0.1, 0.15) is 0 Å². The molecule has 0 saturated heterocycles. The van der Waals surface area contributed by atoms with Crippen molar-refractivity contribution in [2.24, 2.45) is 7.05 Å². The van der Waals surface area contributed by atoms with Crippen LogP contribution in [0.5, 0.6) is 0 Å². The fraction of sp³-hybridized carbons (Fsp3) is 0.520. The van der Waals surface area contributed by atoms with Gasteiger partial charge in [0.15, 0.2) is 0 Å². The SMILES string of the molecule is C=Cc1cc(C(=O)NCc2c(P)n(C)[nH]c2=O)c(C)c(N(CC)C2CCC(N(C)C)CC2)c1. The highest BCUT2D eigenvalue weighted by molar-refractivity contribution is 7.27. The second kappa shape index (κ2) is 10.7. The Bertz CT molecular complexity index is 1060. The van der Waals surface area contributed by atoms with Gasteiger partial charge >= 0.3 is 0 Å². The molecule has 3 rings (SSSR count). The topological polar surface area (TPSA) is 73.4 Å². The van der Waals surface area contributed by atoms with E-state index in [9.17, 15) is 9.59 Å². The molecule has 1 amide bonds. The molecule has 1 aromatic carbocycles. The third-order valence-corrected chi connectivity index (χ3v) is 7.75. The molecule has 8 heteroatoms. The maximum absolute atomic E-state index is 13.2. The van der Waals surface area contributed by atoms with E-state index in [1.807, 2.05) is 13.0 Å². The lowest BCUT2D eigenvalue weighted by atomic mass is 9.88. The fourth-order valence-electron chi connectivity index (χ4n) is 4.92. The predicted octanol–water partition coefficient (Wildman–Crippen LogP) is 2.79. The molecule has 2 N–H and O–H groups in total. The number of aromatic amines is 1. The van der Waals surface area contributed by atoms with Crippen molar-refractivity contribution in [2.45, 2.75) is 58.2 Å². The maximum Gasteiger partial charge on any atom is 0.269 e. The molecule has 1 aliphatic rings. The van der Waals surface area contributed by atoms with Crippen molar-refractivity contribution in [2.75, 3.05) is 25.5 Å². The van der Waals surface area contributed by atoms with Gasteiger partial charge in [-0.3, -0.25) is 19.4 Å². The van der Waals surface area contributed by atoms with Gasteiger partial charge in [-0.15, -0.1) is 0 Å². The number of anilines is 1. The van der Waals surface area contributed by atoms with Crippen molar-refractivity contribution < 1.29 is 4.79 Å². The van der Waals surface area contributed by atoms with Gasteiger partial charge < -0.3 is 15.1 Å². The van der Waals surface area contributed by atoms with Crippen LogP contribution in [0.3, 0.4) is 0 Å². The maximum atomic E-state index is 13.2. The van der Waals surface area contributed by atoms with E-state index < -0.39 is 0 Å². The van der Waals surface area contributed by atoms with Crippen LogP contribution in [0.15, 0.2) is 23.5 Å². The average molecular weight is 472 g/mol. The second-order valence-electron chi connectivity index (χ2n) is 9.18. The summed E-state index contributed by atoms with van der Waals surface area (Å²) in [6, 6.07) is 5.13. The summed E-state index contributed by atoms with van der Waals surface area (Å²) in [5, 5.41) is 5.65. The lowest BCUT2D eigenvalue weighted by Crippen LogP contribution is -2.42. The van der Waals surface area contributed by atoms with Crippen LogP contribution in [0.25, 0.3) is 6.08 Å². The minimum atomic E-state index is -0.189. The molecule has 33 heavy (non-hydrogen) atoms. The van der Waals surface area contributed by atoms with E-state index in [0.717, 1.165) is 41.6 Å². The number of carbonyl (C=O) groups is 1. The standard InChI is InChI=1S/C25H38N5O2P/c1-7-17-13-20(23(31)26-15-21-24(32)27-29(6)25(21)33)16(3)22(14-17)30(8-2)19-11-9-18(10-12-19)28(4)5/h7,13-14,18-19H,1,8-12,15,33H2,2-6H3,(H,26,31)(H,27,32). The number of benzene rings is 1. The van der Waals surface area contributed by atoms with Crippen LogP contribution in [0, 0.1) is 6.92 Å². The van der Waals surface area contributed by atoms with Gasteiger partial charge in [0, 0.05) is 36.9 Å². The van der Waals surface area contributed by atoms with Crippen molar-refractivity contribution in [1.82, 2.24) is 20.0 Å². The van der Waals surface area contributed by atoms with Crippen molar-refractivity contribution in [3.05, 3.63) is 51.3 Å². The molecule has 1 atom stereocenters. The lowest BCUT2D eigenvalue weighted by molar-refractivity contribution is 0.0950. The number of hydrogen-bond acceptors (Lipinski definition) is 4. The largest absolute Gasteiger partial charge is 0.369 e. The third-order valence-electron chi connectivity index (χ3n) is 7.01. The highest BCUT2D eigenvalue weighted by atomic mass is 31.0. The van der Waals surface area contributed by atoms with E-state index in [2.05, 4.69) is 63.1 Å². The minimum Gasteiger partial charge on any atom is -0.369 e. The highest BCUT2D eigenvalue weighted by Gasteiger charge is 2.28. The van der Waals surface area contributed by atoms with Crippen LogP contribution in [-0.4, -0.2) is 53.3 Å². The van der Waals surface area contributed by atoms with Gasteiger partial charge in [-0.05, 0) is 76.9 Å². The Morgan fingerprint density at radius 3 is 2.42 bits per heavy atom. The molecule has 1 aliphatic carbocycles. The smallest absolute Gasteiger partial charge is 0.269 e. The van der Waals surface area contributed by atoms with Crippen LogP contribution < -0.4 is 21.2 Å². The molecule has 1 aromatic heterocycles. The van der Waals surface area contributed by atoms with E-state index in [4.69, 9.17) is 0 Å². The summed E-state index contributed by atoms with van der Waals surface area (Å²) < 4.78 is 1.64. The number of aryl methyl sites for hydroxylation is 1. The van der Waals surface area contributed by atoms with Gasteiger partial charge in [-0.1, -0.05) is 21.9 Å². The Morgan fingerprint density at radius 1 is 1.27 bits per heavy atom. The Balaban J connectivity index is 1.86. The first-order chi connectivity index (χ1) is 15.7. The molecule has 0 spiro atoms. The normalized spacial score (nSPS) is 18.4. The zero-order valence-electron chi connectivity index (χ0n) is 20.6. The Kier molecular flexibility index (Phi) is 8.19. The molecule has 1 fully saturated rings. The predicted molar refractivity (Wildman–Crippen MR) is 141 cm³/mol. The van der Waals surface area contributed by atoms with Crippen molar-refractivity contribution in [3.8, 4) is 0 Å². The molecule has 1 saturated carbocycles. The first kappa shape index (κ1) is 25.3. The molecule has 180 valence electrons. The lowest BCUT2D eigenvalue weighted by Gasteiger charge is -2.40. The van der Waals surface area contributed by atoms with Crippen molar-refractivity contribution in [1.29, 1.82) is 0 Å². The summed E-state index contributed by atoms with van der Waals surface area (Å²) in [6.07, 6.45) is 6.45. The van der Waals surface area contributed by atoms with Crippen molar-refractivity contribution in [3.63, 3.8) is 0 Å². The Labute approximate surface area is 199 Å². The van der Waals surface area contributed by atoms with E-state index in [1.165, 1.54) is 12.8 Å². The minimum absolute atomic E-state index is 0.174. The number of nitrogens with zero attached hydrogens (tertiary/aromatic N) is 3. The zero-order valence-corrected chi connectivity index (χ0v) is 21.7. The quantitative estimate of drug-likeness (QED) is 0.581. The monoisotopic (exact) mass is 471 g/mol. The number of carbonyl (C=O) groups excluding carboxylic acids is 1. The number of rotatable bonds is 8. The summed E-state index contributed by atoms with van der Waals surface area (Å²) >= 11 is 0. The molecule has 0 radical (unpaired) electrons. The van der Waals surface area contributed by atoms with Gasteiger partial charge in [0.25, 0.3) is 11.5 Å². The first-order valence-corrected chi connectivity index (χ1v) is 12.3. The number of amides is 1. The summed E-state index contributed by atoms with van der Waals surface area (Å²) in [6.45, 7) is 9.20. The number of aromatic nitrogens is 2.